The molecule has 2 rings (SSSR count). The number of nitrogens with one attached hydrogen (secondary N) is 1. The van der Waals surface area contributed by atoms with Crippen molar-refractivity contribution < 1.29 is 37.5 Å². The quantitative estimate of drug-likeness (QED) is 0.319. The van der Waals surface area contributed by atoms with Crippen LogP contribution in [0.5, 0.6) is 11.5 Å². The first kappa shape index (κ1) is 24.3. The third-order valence-electron chi connectivity index (χ3n) is 3.70. The lowest BCUT2D eigenvalue weighted by Gasteiger charge is -2.14. The predicted molar refractivity (Wildman–Crippen MR) is 106 cm³/mol. The first-order valence-electron chi connectivity index (χ1n) is 8.34. The van der Waals surface area contributed by atoms with Crippen LogP contribution in [0.15, 0.2) is 41.3 Å². The van der Waals surface area contributed by atoms with Gasteiger partial charge in [0.25, 0.3) is 5.69 Å². The van der Waals surface area contributed by atoms with Crippen LogP contribution >= 0.6 is 23.4 Å². The summed E-state index contributed by atoms with van der Waals surface area (Å²) in [6.07, 6.45) is -4.59. The van der Waals surface area contributed by atoms with Crippen molar-refractivity contribution in [2.75, 3.05) is 5.75 Å². The second kappa shape index (κ2) is 9.88. The van der Waals surface area contributed by atoms with E-state index in [1.165, 1.54) is 12.1 Å². The fourth-order valence-corrected chi connectivity index (χ4v) is 3.59. The smallest absolute Gasteiger partial charge is 0.416 e. The molecule has 8 nitrogen and oxygen atoms in total. The molecule has 0 unspecified atom stereocenters. The van der Waals surface area contributed by atoms with Gasteiger partial charge in [-0.3, -0.25) is 14.9 Å². The van der Waals surface area contributed by atoms with Crippen molar-refractivity contribution in [2.45, 2.75) is 24.0 Å². The molecule has 166 valence electrons. The van der Waals surface area contributed by atoms with Gasteiger partial charge in [0.1, 0.15) is 17.5 Å². The van der Waals surface area contributed by atoms with E-state index in [0.29, 0.717) is 6.07 Å². The number of amides is 1. The van der Waals surface area contributed by atoms with Crippen molar-refractivity contribution >= 4 is 40.9 Å². The van der Waals surface area contributed by atoms with Crippen LogP contribution in [0.4, 0.5) is 18.9 Å². The van der Waals surface area contributed by atoms with Gasteiger partial charge in [0.05, 0.1) is 20.4 Å². The zero-order valence-corrected chi connectivity index (χ0v) is 17.2. The zero-order valence-electron chi connectivity index (χ0n) is 15.6. The molecule has 0 bridgehead atoms. The number of hydrogen-bond acceptors (Lipinski definition) is 6. The Morgan fingerprint density at radius 3 is 2.48 bits per heavy atom. The summed E-state index contributed by atoms with van der Waals surface area (Å²) < 4.78 is 43.7. The molecule has 0 aliphatic heterocycles. The van der Waals surface area contributed by atoms with Crippen molar-refractivity contribution in [3.8, 4) is 11.5 Å². The highest BCUT2D eigenvalue weighted by Gasteiger charge is 2.31. The van der Waals surface area contributed by atoms with E-state index in [4.69, 9.17) is 21.4 Å². The van der Waals surface area contributed by atoms with Crippen molar-refractivity contribution in [1.82, 2.24) is 5.32 Å². The molecule has 13 heteroatoms. The Kier molecular flexibility index (Phi) is 7.74. The number of thioether (sulfide) groups is 1. The Bertz CT molecular complexity index is 1020. The van der Waals surface area contributed by atoms with Crippen LogP contribution in [0, 0.1) is 10.1 Å². The van der Waals surface area contributed by atoms with Gasteiger partial charge in [-0.25, -0.2) is 4.79 Å². The summed E-state index contributed by atoms with van der Waals surface area (Å²) in [5.41, 5.74) is -1.31. The number of nitrogens with zero attached hydrogens (tertiary/aromatic N) is 1. The Hall–Kier alpha value is -2.99. The number of nitro groups is 1. The molecule has 2 aromatic carbocycles. The van der Waals surface area contributed by atoms with E-state index in [2.05, 4.69) is 5.32 Å². The Morgan fingerprint density at radius 2 is 1.97 bits per heavy atom. The number of carbonyl (C=O) groups excluding carboxylic acids is 1. The van der Waals surface area contributed by atoms with E-state index in [1.807, 2.05) is 0 Å². The highest BCUT2D eigenvalue weighted by molar-refractivity contribution is 7.99. The number of benzene rings is 2. The molecule has 0 aliphatic rings. The van der Waals surface area contributed by atoms with Gasteiger partial charge in [-0.05, 0) is 24.3 Å². The normalized spacial score (nSPS) is 12.2. The van der Waals surface area contributed by atoms with Crippen LogP contribution in [0.1, 0.15) is 12.5 Å². The fraction of sp³-hybridized carbons (Fsp3) is 0.222. The molecule has 0 saturated carbocycles. The fourth-order valence-electron chi connectivity index (χ4n) is 2.30. The number of carboxylic acid groups (broad SMARTS) is 1. The highest BCUT2D eigenvalue weighted by atomic mass is 35.5. The number of carbonyl (C=O) groups is 2. The first-order chi connectivity index (χ1) is 14.4. The van der Waals surface area contributed by atoms with Gasteiger partial charge in [0.15, 0.2) is 0 Å². The standard InChI is InChI=1S/C18H14ClF3N2O6S/c1-9(25)23-13(17(26)27)8-31-16-7-11(3-4-14(16)24(28)29)30-15-5-2-10(6-12(15)19)18(20,21)22/h2-7,13H,8H2,1H3,(H,23,25)(H,26,27)/t13-/m0/s1. The second-order valence-electron chi connectivity index (χ2n) is 6.03. The molecule has 1 amide bonds. The molecule has 0 radical (unpaired) electrons. The van der Waals surface area contributed by atoms with Crippen molar-refractivity contribution in [2.24, 2.45) is 0 Å². The number of rotatable bonds is 8. The Balaban J connectivity index is 2.28. The molecule has 0 fully saturated rings. The van der Waals surface area contributed by atoms with Crippen LogP contribution in [-0.4, -0.2) is 33.7 Å². The molecule has 31 heavy (non-hydrogen) atoms. The van der Waals surface area contributed by atoms with Gasteiger partial charge in [-0.15, -0.1) is 11.8 Å². The van der Waals surface area contributed by atoms with E-state index in [0.717, 1.165) is 36.9 Å². The van der Waals surface area contributed by atoms with Gasteiger partial charge < -0.3 is 15.2 Å². The Labute approximate surface area is 182 Å². The lowest BCUT2D eigenvalue weighted by molar-refractivity contribution is -0.387. The average Bonchev–Trinajstić information content (AvgIpc) is 2.65. The van der Waals surface area contributed by atoms with Crippen LogP contribution in [0.2, 0.25) is 5.02 Å². The van der Waals surface area contributed by atoms with Crippen molar-refractivity contribution in [3.63, 3.8) is 0 Å². The number of carboxylic acids is 1. The maximum Gasteiger partial charge on any atom is 0.416 e. The van der Waals surface area contributed by atoms with Gasteiger partial charge in [0.2, 0.25) is 5.91 Å². The largest absolute Gasteiger partial charge is 0.480 e. The molecular formula is C18H14ClF3N2O6S. The summed E-state index contributed by atoms with van der Waals surface area (Å²) in [7, 11) is 0. The molecule has 0 saturated heterocycles. The molecule has 0 spiro atoms. The summed E-state index contributed by atoms with van der Waals surface area (Å²) in [6.45, 7) is 1.13. The molecule has 2 aromatic rings. The number of nitro benzene ring substituents is 1. The summed E-state index contributed by atoms with van der Waals surface area (Å²) in [4.78, 5) is 33.0. The molecule has 0 aliphatic carbocycles. The summed E-state index contributed by atoms with van der Waals surface area (Å²) in [6, 6.07) is 4.72. The van der Waals surface area contributed by atoms with Gasteiger partial charge in [0, 0.05) is 24.8 Å². The van der Waals surface area contributed by atoms with E-state index in [9.17, 15) is 32.9 Å². The highest BCUT2D eigenvalue weighted by Crippen LogP contribution is 2.38. The van der Waals surface area contributed by atoms with Gasteiger partial charge in [-0.1, -0.05) is 11.6 Å². The van der Waals surface area contributed by atoms with E-state index in [-0.39, 0.29) is 32.9 Å². The Morgan fingerprint density at radius 1 is 1.29 bits per heavy atom. The van der Waals surface area contributed by atoms with Crippen LogP contribution < -0.4 is 10.1 Å². The van der Waals surface area contributed by atoms with Crippen molar-refractivity contribution in [3.05, 3.63) is 57.1 Å². The first-order valence-corrected chi connectivity index (χ1v) is 9.70. The maximum absolute atomic E-state index is 12.8. The number of hydrogen-bond donors (Lipinski definition) is 2. The SMILES string of the molecule is CC(=O)N[C@@H](CSc1cc(Oc2ccc(C(F)(F)F)cc2Cl)ccc1[N+](=O)[O-])C(=O)O. The lowest BCUT2D eigenvalue weighted by Crippen LogP contribution is -2.41. The molecular weight excluding hydrogens is 465 g/mol. The average molecular weight is 479 g/mol. The minimum atomic E-state index is -4.59. The topological polar surface area (TPSA) is 119 Å². The minimum Gasteiger partial charge on any atom is -0.480 e. The summed E-state index contributed by atoms with van der Waals surface area (Å²) >= 11 is 6.64. The molecule has 1 atom stereocenters. The third kappa shape index (κ3) is 6.76. The van der Waals surface area contributed by atoms with E-state index >= 15 is 0 Å². The molecule has 0 aromatic heterocycles. The zero-order chi connectivity index (χ0) is 23.3. The van der Waals surface area contributed by atoms with Crippen molar-refractivity contribution in [1.29, 1.82) is 0 Å². The molecule has 2 N–H and O–H groups in total. The van der Waals surface area contributed by atoms with Crippen LogP contribution in [0.25, 0.3) is 0 Å². The number of alkyl halides is 3. The minimum absolute atomic E-state index is 0.0289. The van der Waals surface area contributed by atoms with Gasteiger partial charge >= 0.3 is 12.1 Å². The van der Waals surface area contributed by atoms with E-state index < -0.39 is 34.6 Å². The third-order valence-corrected chi connectivity index (χ3v) is 5.13. The van der Waals surface area contributed by atoms with Crippen LogP contribution in [0.3, 0.4) is 0 Å². The number of halogens is 4. The molecule has 0 heterocycles. The predicted octanol–water partition coefficient (Wildman–Crippen LogP) is 4.74. The summed E-state index contributed by atoms with van der Waals surface area (Å²) in [5, 5.41) is 22.3. The van der Waals surface area contributed by atoms with E-state index in [1.54, 1.807) is 0 Å². The van der Waals surface area contributed by atoms with Crippen LogP contribution in [-0.2, 0) is 15.8 Å². The maximum atomic E-state index is 12.8. The monoisotopic (exact) mass is 478 g/mol. The lowest BCUT2D eigenvalue weighted by atomic mass is 10.2. The number of ether oxygens (including phenoxy) is 1. The summed E-state index contributed by atoms with van der Waals surface area (Å²) in [5.74, 6) is -2.21. The van der Waals surface area contributed by atoms with Gasteiger partial charge in [-0.2, -0.15) is 13.2 Å². The number of aliphatic carboxylic acids is 1. The second-order valence-corrected chi connectivity index (χ2v) is 7.50.